The highest BCUT2D eigenvalue weighted by molar-refractivity contribution is 7.99. The molecule has 2 fully saturated rings. The van der Waals surface area contributed by atoms with Crippen LogP contribution in [-0.2, 0) is 4.79 Å². The smallest absolute Gasteiger partial charge is 0.224 e. The molecule has 0 aliphatic carbocycles. The molecule has 2 aliphatic heterocycles. The van der Waals surface area contributed by atoms with Gasteiger partial charge in [0.2, 0.25) is 5.91 Å². The van der Waals surface area contributed by atoms with E-state index in [-0.39, 0.29) is 0 Å². The van der Waals surface area contributed by atoms with Gasteiger partial charge in [0.1, 0.15) is 0 Å². The third kappa shape index (κ3) is 3.88. The molecule has 3 nitrogen and oxygen atoms in total. The van der Waals surface area contributed by atoms with Crippen LogP contribution in [0.5, 0.6) is 0 Å². The largest absolute Gasteiger partial charge is 0.343 e. The van der Waals surface area contributed by atoms with Crippen LogP contribution in [0, 0.1) is 5.41 Å². The zero-order valence-electron chi connectivity index (χ0n) is 12.4. The van der Waals surface area contributed by atoms with Crippen LogP contribution in [0.1, 0.15) is 46.0 Å². The van der Waals surface area contributed by atoms with Crippen LogP contribution in [0.25, 0.3) is 0 Å². The molecule has 4 heteroatoms. The molecule has 0 bridgehead atoms. The SMILES string of the molecule is CCC1(CC)CCN(C(=O)CC2CSCCN2)CC1. The van der Waals surface area contributed by atoms with Crippen LogP contribution < -0.4 is 5.32 Å². The van der Waals surface area contributed by atoms with Crippen LogP contribution in [-0.4, -0.2) is 48.0 Å². The zero-order chi connectivity index (χ0) is 13.7. The van der Waals surface area contributed by atoms with Gasteiger partial charge in [-0.25, -0.2) is 0 Å². The van der Waals surface area contributed by atoms with E-state index in [4.69, 9.17) is 0 Å². The summed E-state index contributed by atoms with van der Waals surface area (Å²) < 4.78 is 0. The normalized spacial score (nSPS) is 27.3. The minimum atomic E-state index is 0.362. The van der Waals surface area contributed by atoms with E-state index in [1.54, 1.807) is 0 Å². The number of thioether (sulfide) groups is 1. The molecule has 0 spiro atoms. The zero-order valence-corrected chi connectivity index (χ0v) is 13.2. The minimum Gasteiger partial charge on any atom is -0.343 e. The van der Waals surface area contributed by atoms with Crippen molar-refractivity contribution >= 4 is 17.7 Å². The Balaban J connectivity index is 1.78. The van der Waals surface area contributed by atoms with Gasteiger partial charge >= 0.3 is 0 Å². The van der Waals surface area contributed by atoms with Crippen molar-refractivity contribution in [2.75, 3.05) is 31.1 Å². The van der Waals surface area contributed by atoms with Gasteiger partial charge in [-0.2, -0.15) is 11.8 Å². The van der Waals surface area contributed by atoms with Crippen LogP contribution in [0.4, 0.5) is 0 Å². The Morgan fingerprint density at radius 1 is 1.32 bits per heavy atom. The summed E-state index contributed by atoms with van der Waals surface area (Å²) in [7, 11) is 0. The molecule has 0 aromatic heterocycles. The fourth-order valence-electron chi connectivity index (χ4n) is 3.28. The maximum atomic E-state index is 12.3. The molecular weight excluding hydrogens is 256 g/mol. The van der Waals surface area contributed by atoms with Gasteiger partial charge in [0.05, 0.1) is 0 Å². The molecule has 2 rings (SSSR count). The predicted molar refractivity (Wildman–Crippen MR) is 82.6 cm³/mol. The summed E-state index contributed by atoms with van der Waals surface area (Å²) in [6.45, 7) is 7.59. The molecule has 0 saturated carbocycles. The number of amides is 1. The fraction of sp³-hybridized carbons (Fsp3) is 0.933. The number of nitrogens with one attached hydrogen (secondary N) is 1. The second-order valence-corrected chi connectivity index (χ2v) is 7.17. The number of carbonyl (C=O) groups excluding carboxylic acids is 1. The number of piperidine rings is 1. The van der Waals surface area contributed by atoms with Crippen LogP contribution >= 0.6 is 11.8 Å². The molecule has 0 aromatic rings. The molecule has 0 radical (unpaired) electrons. The number of likely N-dealkylation sites (tertiary alicyclic amines) is 1. The first-order valence-electron chi connectivity index (χ1n) is 7.78. The summed E-state index contributed by atoms with van der Waals surface area (Å²) in [4.78, 5) is 14.4. The molecule has 2 saturated heterocycles. The van der Waals surface area contributed by atoms with E-state index in [1.807, 2.05) is 11.8 Å². The lowest BCUT2D eigenvalue weighted by Crippen LogP contribution is -2.46. The van der Waals surface area contributed by atoms with E-state index < -0.39 is 0 Å². The average molecular weight is 284 g/mol. The van der Waals surface area contributed by atoms with Crippen molar-refractivity contribution < 1.29 is 4.79 Å². The lowest BCUT2D eigenvalue weighted by Gasteiger charge is -2.41. The summed E-state index contributed by atoms with van der Waals surface area (Å²) in [5.74, 6) is 2.64. The summed E-state index contributed by atoms with van der Waals surface area (Å²) in [6.07, 6.45) is 5.59. The minimum absolute atomic E-state index is 0.362. The van der Waals surface area contributed by atoms with Crippen molar-refractivity contribution in [1.29, 1.82) is 0 Å². The van der Waals surface area contributed by atoms with Crippen molar-refractivity contribution in [2.24, 2.45) is 5.41 Å². The standard InChI is InChI=1S/C15H28N2OS/c1-3-15(4-2)5-8-17(9-6-15)14(18)11-13-12-19-10-7-16-13/h13,16H,3-12H2,1-2H3. The van der Waals surface area contributed by atoms with Gasteiger partial charge in [-0.1, -0.05) is 26.7 Å². The molecule has 1 unspecified atom stereocenters. The monoisotopic (exact) mass is 284 g/mol. The van der Waals surface area contributed by atoms with Crippen LogP contribution in [0.3, 0.4) is 0 Å². The van der Waals surface area contributed by atoms with Gasteiger partial charge in [0.15, 0.2) is 0 Å². The molecule has 1 N–H and O–H groups in total. The maximum Gasteiger partial charge on any atom is 0.224 e. The van der Waals surface area contributed by atoms with E-state index in [0.29, 0.717) is 23.8 Å². The van der Waals surface area contributed by atoms with Gasteiger partial charge in [0.25, 0.3) is 0 Å². The molecule has 2 aliphatic rings. The third-order valence-corrected chi connectivity index (χ3v) is 6.23. The van der Waals surface area contributed by atoms with Gasteiger partial charge in [-0.3, -0.25) is 4.79 Å². The number of nitrogens with zero attached hydrogens (tertiary/aromatic N) is 1. The Hall–Kier alpha value is -0.220. The lowest BCUT2D eigenvalue weighted by atomic mass is 9.74. The van der Waals surface area contributed by atoms with Crippen LogP contribution in [0.2, 0.25) is 0 Å². The lowest BCUT2D eigenvalue weighted by molar-refractivity contribution is -0.134. The molecule has 110 valence electrons. The Morgan fingerprint density at radius 3 is 2.53 bits per heavy atom. The third-order valence-electron chi connectivity index (χ3n) is 5.10. The van der Waals surface area contributed by atoms with Gasteiger partial charge in [-0.05, 0) is 18.3 Å². The molecule has 19 heavy (non-hydrogen) atoms. The number of rotatable bonds is 4. The molecule has 1 amide bonds. The van der Waals surface area contributed by atoms with E-state index in [0.717, 1.165) is 25.4 Å². The van der Waals surface area contributed by atoms with Crippen molar-refractivity contribution in [3.05, 3.63) is 0 Å². The predicted octanol–water partition coefficient (Wildman–Crippen LogP) is 2.51. The van der Waals surface area contributed by atoms with E-state index in [9.17, 15) is 4.79 Å². The maximum absolute atomic E-state index is 12.3. The molecule has 1 atom stereocenters. The average Bonchev–Trinajstić information content (AvgIpc) is 2.48. The number of hydrogen-bond donors (Lipinski definition) is 1. The van der Waals surface area contributed by atoms with Crippen molar-refractivity contribution in [3.63, 3.8) is 0 Å². The topological polar surface area (TPSA) is 32.3 Å². The molecule has 2 heterocycles. The highest BCUT2D eigenvalue weighted by Gasteiger charge is 2.33. The van der Waals surface area contributed by atoms with Crippen molar-refractivity contribution in [1.82, 2.24) is 10.2 Å². The Morgan fingerprint density at radius 2 is 2.00 bits per heavy atom. The first-order chi connectivity index (χ1) is 9.19. The molecular formula is C15H28N2OS. The Bertz CT molecular complexity index is 289. The van der Waals surface area contributed by atoms with Gasteiger partial charge < -0.3 is 10.2 Å². The van der Waals surface area contributed by atoms with Crippen molar-refractivity contribution in [2.45, 2.75) is 52.0 Å². The quantitative estimate of drug-likeness (QED) is 0.861. The summed E-state index contributed by atoms with van der Waals surface area (Å²) >= 11 is 1.97. The second kappa shape index (κ2) is 6.98. The summed E-state index contributed by atoms with van der Waals surface area (Å²) in [6, 6.07) is 0.398. The van der Waals surface area contributed by atoms with Gasteiger partial charge in [0, 0.05) is 43.6 Å². The van der Waals surface area contributed by atoms with Crippen molar-refractivity contribution in [3.8, 4) is 0 Å². The van der Waals surface area contributed by atoms with E-state index in [2.05, 4.69) is 24.1 Å². The number of carbonyl (C=O) groups is 1. The van der Waals surface area contributed by atoms with E-state index >= 15 is 0 Å². The molecule has 0 aromatic carbocycles. The first kappa shape index (κ1) is 15.2. The highest BCUT2D eigenvalue weighted by Crippen LogP contribution is 2.38. The first-order valence-corrected chi connectivity index (χ1v) is 8.93. The summed E-state index contributed by atoms with van der Waals surface area (Å²) in [5.41, 5.74) is 0.510. The van der Waals surface area contributed by atoms with E-state index in [1.165, 1.54) is 31.4 Å². The summed E-state index contributed by atoms with van der Waals surface area (Å²) in [5, 5.41) is 3.46. The van der Waals surface area contributed by atoms with Crippen LogP contribution in [0.15, 0.2) is 0 Å². The number of hydrogen-bond acceptors (Lipinski definition) is 3. The second-order valence-electron chi connectivity index (χ2n) is 6.02. The van der Waals surface area contributed by atoms with Gasteiger partial charge in [-0.15, -0.1) is 0 Å². The Labute approximate surface area is 121 Å². The Kier molecular flexibility index (Phi) is 5.58. The fourth-order valence-corrected chi connectivity index (χ4v) is 4.23. The highest BCUT2D eigenvalue weighted by atomic mass is 32.2.